The van der Waals surface area contributed by atoms with E-state index in [4.69, 9.17) is 0 Å². The van der Waals surface area contributed by atoms with Crippen molar-refractivity contribution in [2.75, 3.05) is 0 Å². The number of hydrogen-bond donors (Lipinski definition) is 0. The summed E-state index contributed by atoms with van der Waals surface area (Å²) in [4.78, 5) is 0. The maximum Gasteiger partial charge on any atom is 0.573 e. The monoisotopic (exact) mass is 524 g/mol. The predicted octanol–water partition coefficient (Wildman–Crippen LogP) is 8.87. The molecule has 0 saturated heterocycles. The average molecular weight is 524 g/mol. The van der Waals surface area contributed by atoms with Gasteiger partial charge in [0.15, 0.2) is 11.6 Å². The zero-order chi connectivity index (χ0) is 26.5. The Hall–Kier alpha value is -2.52. The van der Waals surface area contributed by atoms with Crippen LogP contribution in [0.25, 0.3) is 0 Å². The van der Waals surface area contributed by atoms with E-state index in [1.54, 1.807) is 0 Å². The van der Waals surface area contributed by atoms with Gasteiger partial charge in [0.1, 0.15) is 11.9 Å². The molecule has 1 atom stereocenters. The Morgan fingerprint density at radius 2 is 1.47 bits per heavy atom. The van der Waals surface area contributed by atoms with Gasteiger partial charge in [-0.25, -0.2) is 13.2 Å². The number of ether oxygens (including phenoxy) is 2. The van der Waals surface area contributed by atoms with E-state index in [0.717, 1.165) is 44.2 Å². The highest BCUT2D eigenvalue weighted by molar-refractivity contribution is 5.36. The molecule has 1 saturated carbocycles. The fourth-order valence-electron chi connectivity index (χ4n) is 4.57. The van der Waals surface area contributed by atoms with Crippen LogP contribution in [-0.2, 0) is 12.5 Å². The van der Waals surface area contributed by atoms with E-state index in [1.165, 1.54) is 25.0 Å². The van der Waals surface area contributed by atoms with Crippen LogP contribution in [0.2, 0.25) is 0 Å². The van der Waals surface area contributed by atoms with Crippen molar-refractivity contribution < 1.29 is 44.6 Å². The molecule has 1 aliphatic carbocycles. The predicted molar refractivity (Wildman–Crippen MR) is 118 cm³/mol. The van der Waals surface area contributed by atoms with Crippen LogP contribution >= 0.6 is 0 Å². The van der Waals surface area contributed by atoms with Crippen molar-refractivity contribution >= 4 is 0 Å². The lowest BCUT2D eigenvalue weighted by Crippen LogP contribution is -2.25. The number of hydrogen-bond acceptors (Lipinski definition) is 2. The summed E-state index contributed by atoms with van der Waals surface area (Å²) in [5, 5.41) is 0. The minimum atomic E-state index is -5.37. The van der Waals surface area contributed by atoms with Gasteiger partial charge in [-0.2, -0.15) is 8.78 Å². The Morgan fingerprint density at radius 1 is 0.889 bits per heavy atom. The van der Waals surface area contributed by atoms with Crippen molar-refractivity contribution in [2.45, 2.75) is 76.9 Å². The van der Waals surface area contributed by atoms with Crippen LogP contribution in [0.4, 0.5) is 35.1 Å². The van der Waals surface area contributed by atoms with Crippen molar-refractivity contribution in [3.8, 4) is 11.5 Å². The van der Waals surface area contributed by atoms with E-state index in [-0.39, 0.29) is 24.5 Å². The molecule has 0 bridgehead atoms. The van der Waals surface area contributed by atoms with Crippen molar-refractivity contribution in [3.05, 3.63) is 59.2 Å². The van der Waals surface area contributed by atoms with Gasteiger partial charge in [-0.1, -0.05) is 51.2 Å². The summed E-state index contributed by atoms with van der Waals surface area (Å²) in [6.45, 7) is 2.14. The van der Waals surface area contributed by atoms with E-state index in [9.17, 15) is 35.1 Å². The van der Waals surface area contributed by atoms with E-state index in [2.05, 4.69) is 16.4 Å². The Labute approximate surface area is 204 Å². The average Bonchev–Trinajstić information content (AvgIpc) is 2.80. The molecule has 2 nitrogen and oxygen atoms in total. The van der Waals surface area contributed by atoms with E-state index in [1.807, 2.05) is 0 Å². The van der Waals surface area contributed by atoms with Gasteiger partial charge in [0, 0.05) is 18.6 Å². The third kappa shape index (κ3) is 7.74. The number of benzene rings is 2. The van der Waals surface area contributed by atoms with Crippen molar-refractivity contribution in [3.63, 3.8) is 0 Å². The first-order valence-electron chi connectivity index (χ1n) is 11.9. The van der Waals surface area contributed by atoms with Crippen LogP contribution in [0.3, 0.4) is 0 Å². The smallest absolute Gasteiger partial charge is 0.429 e. The molecule has 10 heteroatoms. The molecule has 36 heavy (non-hydrogen) atoms. The summed E-state index contributed by atoms with van der Waals surface area (Å²) >= 11 is 0. The topological polar surface area (TPSA) is 18.5 Å². The summed E-state index contributed by atoms with van der Waals surface area (Å²) in [5.74, 6) is -5.96. The molecule has 0 radical (unpaired) electrons. The Balaban J connectivity index is 1.60. The normalized spacial score (nSPS) is 19.7. The summed E-state index contributed by atoms with van der Waals surface area (Å²) in [7, 11) is 0. The lowest BCUT2D eigenvalue weighted by Gasteiger charge is -2.30. The maximum atomic E-state index is 14.9. The van der Waals surface area contributed by atoms with Crippen molar-refractivity contribution in [1.82, 2.24) is 0 Å². The number of alkyl halides is 6. The van der Waals surface area contributed by atoms with Crippen LogP contribution in [-0.4, -0.2) is 12.5 Å². The Kier molecular flexibility index (Phi) is 9.11. The Bertz CT molecular complexity index is 959. The van der Waals surface area contributed by atoms with Gasteiger partial charge in [-0.05, 0) is 42.4 Å². The molecular formula is C26H28F8O2. The minimum Gasteiger partial charge on any atom is -0.429 e. The number of halogens is 8. The molecule has 1 fully saturated rings. The molecule has 0 N–H and O–H groups in total. The molecule has 0 heterocycles. The summed E-state index contributed by atoms with van der Waals surface area (Å²) in [5.41, 5.74) is -0.157. The second-order valence-electron chi connectivity index (χ2n) is 9.22. The van der Waals surface area contributed by atoms with Crippen molar-refractivity contribution in [2.24, 2.45) is 11.8 Å². The van der Waals surface area contributed by atoms with E-state index in [0.29, 0.717) is 11.5 Å². The van der Waals surface area contributed by atoms with Crippen LogP contribution in [0.1, 0.15) is 63.0 Å². The molecule has 0 amide bonds. The summed E-state index contributed by atoms with van der Waals surface area (Å²) in [6.07, 6.45) is -3.35. The maximum absolute atomic E-state index is 14.9. The molecule has 1 unspecified atom stereocenters. The highest BCUT2D eigenvalue weighted by atomic mass is 19.4. The molecule has 0 aliphatic heterocycles. The van der Waals surface area contributed by atoms with E-state index >= 15 is 0 Å². The second kappa shape index (κ2) is 11.7. The van der Waals surface area contributed by atoms with Crippen LogP contribution in [0.5, 0.6) is 11.5 Å². The number of unbranched alkanes of at least 4 members (excludes halogenated alkanes) is 1. The quantitative estimate of drug-likeness (QED) is 0.289. The molecular weight excluding hydrogens is 496 g/mol. The fraction of sp³-hybridized carbons (Fsp3) is 0.538. The van der Waals surface area contributed by atoms with E-state index < -0.39 is 47.3 Å². The molecule has 1 aliphatic rings. The van der Waals surface area contributed by atoms with Gasteiger partial charge in [-0.15, -0.1) is 13.2 Å². The molecule has 0 spiro atoms. The summed E-state index contributed by atoms with van der Waals surface area (Å²) in [6, 6.07) is 5.00. The Morgan fingerprint density at radius 3 is 2.00 bits per heavy atom. The molecule has 200 valence electrons. The van der Waals surface area contributed by atoms with Gasteiger partial charge >= 0.3 is 12.5 Å². The highest BCUT2D eigenvalue weighted by Crippen LogP contribution is 2.38. The molecule has 2 aromatic rings. The van der Waals surface area contributed by atoms with Gasteiger partial charge in [0.05, 0.1) is 5.56 Å². The molecule has 0 aromatic heterocycles. The highest BCUT2D eigenvalue weighted by Gasteiger charge is 2.37. The fourth-order valence-corrected chi connectivity index (χ4v) is 4.57. The van der Waals surface area contributed by atoms with Crippen LogP contribution in [0.15, 0.2) is 36.4 Å². The standard InChI is InChI=1S/C26H28F8O2/c1-2-3-4-16-5-9-18(10-6-16)21(27)13-17-7-11-19(12-8-17)25(30,31)35-20-14-22(28)24(23(29)15-20)36-26(32,33)34/h7-8,11-12,14-16,18,21H,2-6,9-10,13H2,1H3. The van der Waals surface area contributed by atoms with Gasteiger partial charge in [-0.3, -0.25) is 0 Å². The lowest BCUT2D eigenvalue weighted by molar-refractivity contribution is -0.276. The third-order valence-electron chi connectivity index (χ3n) is 6.53. The van der Waals surface area contributed by atoms with Gasteiger partial charge in [0.2, 0.25) is 5.75 Å². The third-order valence-corrected chi connectivity index (χ3v) is 6.53. The van der Waals surface area contributed by atoms with Crippen LogP contribution < -0.4 is 9.47 Å². The van der Waals surface area contributed by atoms with Crippen molar-refractivity contribution in [1.29, 1.82) is 0 Å². The first-order chi connectivity index (χ1) is 16.9. The van der Waals surface area contributed by atoms with Gasteiger partial charge in [0.25, 0.3) is 0 Å². The first kappa shape index (κ1) is 28.1. The minimum absolute atomic E-state index is 0.0681. The van der Waals surface area contributed by atoms with Gasteiger partial charge < -0.3 is 9.47 Å². The molecule has 2 aromatic carbocycles. The van der Waals surface area contributed by atoms with Crippen LogP contribution in [0, 0.1) is 23.5 Å². The summed E-state index contributed by atoms with van der Waals surface area (Å²) < 4.78 is 116. The lowest BCUT2D eigenvalue weighted by atomic mass is 9.77. The SMILES string of the molecule is CCCCC1CCC(C(F)Cc2ccc(C(F)(F)Oc3cc(F)c(OC(F)(F)F)c(F)c3)cc2)CC1. The largest absolute Gasteiger partial charge is 0.573 e. The first-order valence-corrected chi connectivity index (χ1v) is 11.9. The zero-order valence-electron chi connectivity index (χ0n) is 19.7. The second-order valence-corrected chi connectivity index (χ2v) is 9.22. The number of rotatable bonds is 10. The molecule has 3 rings (SSSR count). The zero-order valence-corrected chi connectivity index (χ0v) is 19.7.